The van der Waals surface area contributed by atoms with Crippen molar-refractivity contribution in [3.63, 3.8) is 0 Å². The number of nitrogens with zero attached hydrogens (tertiary/aromatic N) is 3. The van der Waals surface area contributed by atoms with E-state index in [9.17, 15) is 9.90 Å². The lowest BCUT2D eigenvalue weighted by atomic mass is 9.72. The molecule has 4 saturated carbocycles. The zero-order chi connectivity index (χ0) is 14.3. The van der Waals surface area contributed by atoms with E-state index in [0.717, 1.165) is 5.92 Å². The highest BCUT2D eigenvalue weighted by Crippen LogP contribution is 2.62. The summed E-state index contributed by atoms with van der Waals surface area (Å²) < 4.78 is 4.96. The lowest BCUT2D eigenvalue weighted by Crippen LogP contribution is -2.44. The lowest BCUT2D eigenvalue weighted by Gasteiger charge is -2.37. The van der Waals surface area contributed by atoms with Crippen LogP contribution in [0.5, 0.6) is 0 Å². The number of azide groups is 1. The molecule has 110 valence electrons. The van der Waals surface area contributed by atoms with Crippen molar-refractivity contribution in [2.45, 2.75) is 37.9 Å². The highest BCUT2D eigenvalue weighted by molar-refractivity contribution is 5.64. The predicted molar refractivity (Wildman–Crippen MR) is 70.4 cm³/mol. The first-order chi connectivity index (χ1) is 9.60. The Morgan fingerprint density at radius 2 is 2.15 bits per heavy atom. The molecule has 0 radical (unpaired) electrons. The van der Waals surface area contributed by atoms with Gasteiger partial charge in [-0.3, -0.25) is 0 Å². The van der Waals surface area contributed by atoms with Gasteiger partial charge < -0.3 is 15.6 Å². The Morgan fingerprint density at radius 3 is 2.80 bits per heavy atom. The first-order valence-corrected chi connectivity index (χ1v) is 7.25. The highest BCUT2D eigenvalue weighted by Gasteiger charge is 2.56. The van der Waals surface area contributed by atoms with Crippen LogP contribution in [-0.4, -0.2) is 30.0 Å². The second-order valence-electron chi connectivity index (χ2n) is 6.45. The van der Waals surface area contributed by atoms with Gasteiger partial charge in [0.05, 0.1) is 12.6 Å². The van der Waals surface area contributed by atoms with E-state index in [1.807, 2.05) is 0 Å². The lowest BCUT2D eigenvalue weighted by molar-refractivity contribution is -0.0513. The van der Waals surface area contributed by atoms with Crippen molar-refractivity contribution >= 4 is 6.09 Å². The normalized spacial score (nSPS) is 40.1. The summed E-state index contributed by atoms with van der Waals surface area (Å²) in [5.41, 5.74) is 13.5. The Labute approximate surface area is 117 Å². The van der Waals surface area contributed by atoms with Crippen LogP contribution in [0.25, 0.3) is 10.4 Å². The van der Waals surface area contributed by atoms with E-state index in [1.54, 1.807) is 0 Å². The van der Waals surface area contributed by atoms with Crippen LogP contribution in [0.1, 0.15) is 25.7 Å². The molecule has 7 nitrogen and oxygen atoms in total. The van der Waals surface area contributed by atoms with Crippen LogP contribution in [-0.2, 0) is 4.74 Å². The Balaban J connectivity index is 1.73. The standard InChI is InChI=1S/C13H20N4O3/c14-13(19)20-10(5-16-17-15)12(18)11-8-2-6-1-7(4-8)9(11)3-6/h6-12,18H,1-5H2,(H2,14,19). The smallest absolute Gasteiger partial charge is 0.404 e. The molecule has 0 aliphatic heterocycles. The molecular weight excluding hydrogens is 260 g/mol. The van der Waals surface area contributed by atoms with E-state index in [0.29, 0.717) is 17.8 Å². The number of nitrogens with two attached hydrogens (primary N) is 1. The van der Waals surface area contributed by atoms with Crippen LogP contribution in [0.2, 0.25) is 0 Å². The summed E-state index contributed by atoms with van der Waals surface area (Å²) in [5.74, 6) is 2.72. The minimum atomic E-state index is -0.936. The molecule has 7 heteroatoms. The second kappa shape index (κ2) is 5.14. The van der Waals surface area contributed by atoms with Gasteiger partial charge in [-0.1, -0.05) is 5.11 Å². The van der Waals surface area contributed by atoms with Crippen LogP contribution < -0.4 is 5.73 Å². The summed E-state index contributed by atoms with van der Waals surface area (Å²) in [4.78, 5) is 13.6. The summed E-state index contributed by atoms with van der Waals surface area (Å²) in [6.45, 7) is -0.0648. The van der Waals surface area contributed by atoms with Crippen molar-refractivity contribution in [3.8, 4) is 0 Å². The van der Waals surface area contributed by atoms with Crippen molar-refractivity contribution < 1.29 is 14.6 Å². The SMILES string of the molecule is [N-]=[N+]=NCC(OC(N)=O)C(O)C1C2CC3CC(C2)C1C3. The Hall–Kier alpha value is -1.46. The third kappa shape index (κ3) is 2.21. The van der Waals surface area contributed by atoms with Gasteiger partial charge in [0.1, 0.15) is 6.10 Å². The Kier molecular flexibility index (Phi) is 3.48. The van der Waals surface area contributed by atoms with Crippen LogP contribution in [0.15, 0.2) is 5.11 Å². The fraction of sp³-hybridized carbons (Fsp3) is 0.923. The fourth-order valence-electron chi connectivity index (χ4n) is 5.05. The molecule has 0 heterocycles. The number of carbonyl (C=O) groups is 1. The number of hydrogen-bond donors (Lipinski definition) is 2. The summed E-state index contributed by atoms with van der Waals surface area (Å²) >= 11 is 0. The van der Waals surface area contributed by atoms with Crippen molar-refractivity contribution in [1.82, 2.24) is 0 Å². The van der Waals surface area contributed by atoms with Crippen molar-refractivity contribution in [2.24, 2.45) is 40.4 Å². The minimum absolute atomic E-state index is 0.0648. The summed E-state index contributed by atoms with van der Waals surface area (Å²) in [6, 6.07) is 0. The highest BCUT2D eigenvalue weighted by atomic mass is 16.6. The third-order valence-corrected chi connectivity index (χ3v) is 5.50. The van der Waals surface area contributed by atoms with Crippen LogP contribution >= 0.6 is 0 Å². The summed E-state index contributed by atoms with van der Waals surface area (Å²) in [7, 11) is 0. The van der Waals surface area contributed by atoms with Crippen LogP contribution in [0.4, 0.5) is 4.79 Å². The average molecular weight is 280 g/mol. The van der Waals surface area contributed by atoms with Gasteiger partial charge >= 0.3 is 6.09 Å². The summed E-state index contributed by atoms with van der Waals surface area (Å²) in [5, 5.41) is 14.0. The molecular formula is C13H20N4O3. The maximum absolute atomic E-state index is 11.0. The van der Waals surface area contributed by atoms with Crippen molar-refractivity contribution in [1.29, 1.82) is 0 Å². The van der Waals surface area contributed by atoms with Crippen molar-refractivity contribution in [2.75, 3.05) is 6.54 Å². The minimum Gasteiger partial charge on any atom is -0.443 e. The molecule has 0 aromatic heterocycles. The molecule has 4 rings (SSSR count). The van der Waals surface area contributed by atoms with Crippen LogP contribution in [0.3, 0.4) is 0 Å². The Morgan fingerprint density at radius 1 is 1.40 bits per heavy atom. The van der Waals surface area contributed by atoms with E-state index < -0.39 is 18.3 Å². The number of aliphatic hydroxyl groups excluding tert-OH is 1. The molecule has 0 aromatic rings. The Bertz CT molecular complexity index is 443. The molecule has 7 unspecified atom stereocenters. The monoisotopic (exact) mass is 280 g/mol. The van der Waals surface area contributed by atoms with Gasteiger partial charge in [0.25, 0.3) is 0 Å². The molecule has 4 fully saturated rings. The molecule has 4 aliphatic carbocycles. The van der Waals surface area contributed by atoms with Gasteiger partial charge in [0.2, 0.25) is 0 Å². The number of amides is 1. The van der Waals surface area contributed by atoms with Gasteiger partial charge in [-0.05, 0) is 60.8 Å². The largest absolute Gasteiger partial charge is 0.443 e. The van der Waals surface area contributed by atoms with Crippen LogP contribution in [0, 0.1) is 29.6 Å². The molecule has 0 saturated heterocycles. The molecule has 4 bridgehead atoms. The number of primary amides is 1. The number of carbonyl (C=O) groups excluding carboxylic acids is 1. The van der Waals surface area contributed by atoms with E-state index in [2.05, 4.69) is 10.0 Å². The number of ether oxygens (including phenoxy) is 1. The van der Waals surface area contributed by atoms with Crippen molar-refractivity contribution in [3.05, 3.63) is 10.4 Å². The number of aliphatic hydroxyl groups is 1. The van der Waals surface area contributed by atoms with Gasteiger partial charge in [-0.2, -0.15) is 0 Å². The van der Waals surface area contributed by atoms with Gasteiger partial charge in [0, 0.05) is 4.91 Å². The molecule has 7 atom stereocenters. The molecule has 0 spiro atoms. The zero-order valence-electron chi connectivity index (χ0n) is 11.3. The number of hydrogen-bond acceptors (Lipinski definition) is 4. The molecule has 20 heavy (non-hydrogen) atoms. The van der Waals surface area contributed by atoms with Gasteiger partial charge in [-0.15, -0.1) is 0 Å². The van der Waals surface area contributed by atoms with E-state index in [1.165, 1.54) is 25.7 Å². The topological polar surface area (TPSA) is 121 Å². The van der Waals surface area contributed by atoms with Gasteiger partial charge in [-0.25, -0.2) is 4.79 Å². The maximum Gasteiger partial charge on any atom is 0.404 e. The summed E-state index contributed by atoms with van der Waals surface area (Å²) in [6.07, 6.45) is 2.25. The fourth-order valence-corrected chi connectivity index (χ4v) is 5.05. The first kappa shape index (κ1) is 13.5. The first-order valence-electron chi connectivity index (χ1n) is 7.25. The van der Waals surface area contributed by atoms with Gasteiger partial charge in [0.15, 0.2) is 0 Å². The molecule has 3 N–H and O–H groups in total. The average Bonchev–Trinajstić information content (AvgIpc) is 2.81. The third-order valence-electron chi connectivity index (χ3n) is 5.50. The second-order valence-corrected chi connectivity index (χ2v) is 6.45. The molecule has 4 aliphatic rings. The number of rotatable bonds is 5. The van der Waals surface area contributed by atoms with E-state index in [-0.39, 0.29) is 12.5 Å². The quantitative estimate of drug-likeness (QED) is 0.453. The predicted octanol–water partition coefficient (Wildman–Crippen LogP) is 1.80. The maximum atomic E-state index is 11.0. The van der Waals surface area contributed by atoms with E-state index in [4.69, 9.17) is 16.0 Å². The molecule has 0 aromatic carbocycles. The molecule has 1 amide bonds. The van der Waals surface area contributed by atoms with E-state index >= 15 is 0 Å². The zero-order valence-corrected chi connectivity index (χ0v) is 11.3.